The summed E-state index contributed by atoms with van der Waals surface area (Å²) in [5.74, 6) is 3.24. The lowest BCUT2D eigenvalue weighted by molar-refractivity contribution is 0.175. The van der Waals surface area contributed by atoms with Gasteiger partial charge in [-0.1, -0.05) is 53.4 Å². The highest BCUT2D eigenvalue weighted by atomic mass is 32.2. The zero-order chi connectivity index (χ0) is 15.2. The molecule has 1 aliphatic heterocycles. The second-order valence-corrected chi connectivity index (χ2v) is 10.0. The number of hydrogen-bond acceptors (Lipinski definition) is 3. The van der Waals surface area contributed by atoms with Crippen LogP contribution in [0.1, 0.15) is 66.2 Å². The summed E-state index contributed by atoms with van der Waals surface area (Å²) in [6.07, 6.45) is 8.51. The summed E-state index contributed by atoms with van der Waals surface area (Å²) in [4.78, 5) is 0. The molecule has 0 aromatic rings. The van der Waals surface area contributed by atoms with E-state index in [1.165, 1.54) is 50.8 Å². The largest absolute Gasteiger partial charge is 0.313 e. The molecule has 0 bridgehead atoms. The summed E-state index contributed by atoms with van der Waals surface area (Å²) in [5, 5.41) is 6.43. The van der Waals surface area contributed by atoms with E-state index in [0.29, 0.717) is 0 Å². The van der Waals surface area contributed by atoms with Gasteiger partial charge in [-0.3, -0.25) is 0 Å². The highest BCUT2D eigenvalue weighted by Gasteiger charge is 2.38. The monoisotopic (exact) mass is 329 g/mol. The first-order valence-electron chi connectivity index (χ1n) is 9.17. The third kappa shape index (κ3) is 4.81. The average Bonchev–Trinajstić information content (AvgIpc) is 2.51. The molecule has 1 heterocycles. The molecule has 1 nitrogen and oxygen atoms in total. The Balaban J connectivity index is 2.05. The molecular weight excluding hydrogens is 294 g/mol. The lowest BCUT2D eigenvalue weighted by atomic mass is 9.73. The summed E-state index contributed by atoms with van der Waals surface area (Å²) < 4.78 is 0. The molecule has 3 heteroatoms. The van der Waals surface area contributed by atoms with Gasteiger partial charge in [0.15, 0.2) is 0 Å². The molecule has 2 fully saturated rings. The molecule has 0 aromatic heterocycles. The third-order valence-electron chi connectivity index (χ3n) is 5.56. The lowest BCUT2D eigenvalue weighted by Gasteiger charge is -2.44. The molecule has 0 amide bonds. The third-order valence-corrected chi connectivity index (χ3v) is 9.07. The van der Waals surface area contributed by atoms with Gasteiger partial charge in [0.05, 0.1) is 0 Å². The molecule has 0 aromatic carbocycles. The topological polar surface area (TPSA) is 12.0 Å². The fourth-order valence-corrected chi connectivity index (χ4v) is 7.27. The molecule has 0 spiro atoms. The van der Waals surface area contributed by atoms with Crippen molar-refractivity contribution in [3.63, 3.8) is 0 Å². The molecule has 2 rings (SSSR count). The van der Waals surface area contributed by atoms with Crippen molar-refractivity contribution in [1.29, 1.82) is 0 Å². The summed E-state index contributed by atoms with van der Waals surface area (Å²) in [6.45, 7) is 10.7. The normalized spacial score (nSPS) is 39.1. The Kier molecular flexibility index (Phi) is 7.78. The van der Waals surface area contributed by atoms with Crippen molar-refractivity contribution in [2.75, 3.05) is 12.3 Å². The highest BCUT2D eigenvalue weighted by molar-refractivity contribution is 8.07. The summed E-state index contributed by atoms with van der Waals surface area (Å²) >= 11 is 4.48. The van der Waals surface area contributed by atoms with Crippen molar-refractivity contribution in [3.05, 3.63) is 0 Å². The fraction of sp³-hybridized carbons (Fsp3) is 1.00. The van der Waals surface area contributed by atoms with Gasteiger partial charge in [-0.2, -0.15) is 23.5 Å². The van der Waals surface area contributed by atoms with Crippen LogP contribution in [0.2, 0.25) is 0 Å². The first kappa shape index (κ1) is 18.0. The van der Waals surface area contributed by atoms with Gasteiger partial charge in [-0.15, -0.1) is 0 Å². The Bertz CT molecular complexity index is 297. The summed E-state index contributed by atoms with van der Waals surface area (Å²) in [7, 11) is 0. The van der Waals surface area contributed by atoms with E-state index in [0.717, 1.165) is 33.6 Å². The van der Waals surface area contributed by atoms with Crippen LogP contribution in [0, 0.1) is 11.8 Å². The molecule has 1 saturated carbocycles. The zero-order valence-corrected chi connectivity index (χ0v) is 16.1. The Morgan fingerprint density at radius 3 is 2.52 bits per heavy atom. The molecule has 6 atom stereocenters. The van der Waals surface area contributed by atoms with Gasteiger partial charge in [0.25, 0.3) is 0 Å². The first-order chi connectivity index (χ1) is 10.2. The van der Waals surface area contributed by atoms with Gasteiger partial charge in [0.2, 0.25) is 0 Å². The van der Waals surface area contributed by atoms with E-state index in [4.69, 9.17) is 0 Å². The average molecular weight is 330 g/mol. The van der Waals surface area contributed by atoms with Crippen LogP contribution in [0.15, 0.2) is 0 Å². The minimum atomic E-state index is 0.752. The molecule has 1 saturated heterocycles. The van der Waals surface area contributed by atoms with Crippen molar-refractivity contribution in [2.45, 2.75) is 88.0 Å². The van der Waals surface area contributed by atoms with E-state index in [-0.39, 0.29) is 0 Å². The molecule has 2 aliphatic rings. The van der Waals surface area contributed by atoms with Gasteiger partial charge >= 0.3 is 0 Å². The van der Waals surface area contributed by atoms with Crippen molar-refractivity contribution < 1.29 is 0 Å². The quantitative estimate of drug-likeness (QED) is 0.719. The second-order valence-electron chi connectivity index (χ2n) is 7.01. The molecule has 1 aliphatic carbocycles. The Morgan fingerprint density at radius 1 is 1.10 bits per heavy atom. The van der Waals surface area contributed by atoms with Crippen molar-refractivity contribution in [1.82, 2.24) is 5.32 Å². The van der Waals surface area contributed by atoms with Crippen LogP contribution in [-0.2, 0) is 0 Å². The molecule has 1 N–H and O–H groups in total. The van der Waals surface area contributed by atoms with Crippen LogP contribution < -0.4 is 5.32 Å². The predicted molar refractivity (Wildman–Crippen MR) is 101 cm³/mol. The van der Waals surface area contributed by atoms with E-state index < -0.39 is 0 Å². The van der Waals surface area contributed by atoms with Gasteiger partial charge in [-0.05, 0) is 31.2 Å². The van der Waals surface area contributed by atoms with Crippen molar-refractivity contribution in [3.8, 4) is 0 Å². The minimum absolute atomic E-state index is 0.752. The number of hydrogen-bond donors (Lipinski definition) is 1. The van der Waals surface area contributed by atoms with Crippen LogP contribution in [0.5, 0.6) is 0 Å². The Hall–Kier alpha value is 0.660. The Labute approximate surface area is 141 Å². The van der Waals surface area contributed by atoms with Crippen LogP contribution in [0.3, 0.4) is 0 Å². The van der Waals surface area contributed by atoms with Gasteiger partial charge in [-0.25, -0.2) is 0 Å². The van der Waals surface area contributed by atoms with Gasteiger partial charge < -0.3 is 5.32 Å². The van der Waals surface area contributed by atoms with Gasteiger partial charge in [0.1, 0.15) is 0 Å². The summed E-state index contributed by atoms with van der Waals surface area (Å²) in [6, 6.07) is 0.752. The second kappa shape index (κ2) is 9.08. The van der Waals surface area contributed by atoms with E-state index >= 15 is 0 Å². The number of nitrogens with one attached hydrogen (secondary N) is 1. The van der Waals surface area contributed by atoms with Crippen LogP contribution in [0.4, 0.5) is 0 Å². The van der Waals surface area contributed by atoms with E-state index in [1.807, 2.05) is 0 Å². The maximum atomic E-state index is 3.97. The molecule has 21 heavy (non-hydrogen) atoms. The number of rotatable bonds is 6. The smallest absolute Gasteiger partial charge is 0.0297 e. The zero-order valence-electron chi connectivity index (χ0n) is 14.4. The van der Waals surface area contributed by atoms with Gasteiger partial charge in [0, 0.05) is 27.5 Å². The number of thioether (sulfide) groups is 2. The molecule has 124 valence electrons. The van der Waals surface area contributed by atoms with E-state index in [1.54, 1.807) is 0 Å². The lowest BCUT2D eigenvalue weighted by Crippen LogP contribution is -2.50. The molecule has 6 unspecified atom stereocenters. The van der Waals surface area contributed by atoms with Crippen LogP contribution in [0.25, 0.3) is 0 Å². The summed E-state index contributed by atoms with van der Waals surface area (Å²) in [5.41, 5.74) is 0. The first-order valence-corrected chi connectivity index (χ1v) is 11.2. The molecular formula is C18H35NS2. The van der Waals surface area contributed by atoms with Crippen molar-refractivity contribution in [2.24, 2.45) is 11.8 Å². The van der Waals surface area contributed by atoms with E-state index in [2.05, 4.69) is 56.5 Å². The van der Waals surface area contributed by atoms with Crippen LogP contribution in [-0.4, -0.2) is 34.1 Å². The minimum Gasteiger partial charge on any atom is -0.313 e. The van der Waals surface area contributed by atoms with Crippen molar-refractivity contribution >= 4 is 23.5 Å². The predicted octanol–water partition coefficient (Wildman–Crippen LogP) is 5.20. The standard InChI is InChI=1S/C18H35NS2/c1-5-11-19-18(16-10-8-7-9-15(16)6-2)17-12-20-13(3)14(4)21-17/h13-19H,5-12H2,1-4H3. The highest BCUT2D eigenvalue weighted by Crippen LogP contribution is 2.43. The Morgan fingerprint density at radius 2 is 1.86 bits per heavy atom. The molecule has 0 radical (unpaired) electrons. The maximum Gasteiger partial charge on any atom is 0.0297 e. The van der Waals surface area contributed by atoms with Crippen LogP contribution >= 0.6 is 23.5 Å². The fourth-order valence-electron chi connectivity index (χ4n) is 4.08. The SMILES string of the molecule is CCCNC(C1CSC(C)C(C)S1)C1CCCCC1CC. The maximum absolute atomic E-state index is 3.97. The van der Waals surface area contributed by atoms with E-state index in [9.17, 15) is 0 Å².